The van der Waals surface area contributed by atoms with Gasteiger partial charge in [0.05, 0.1) is 4.92 Å². The molecule has 1 saturated heterocycles. The zero-order chi connectivity index (χ0) is 15.4. The summed E-state index contributed by atoms with van der Waals surface area (Å²) in [4.78, 5) is 25.1. The van der Waals surface area contributed by atoms with Crippen molar-refractivity contribution >= 4 is 11.6 Å². The van der Waals surface area contributed by atoms with Gasteiger partial charge in [0.2, 0.25) is 0 Å². The number of carbonyl (C=O) groups is 1. The molecule has 1 amide bonds. The lowest BCUT2D eigenvalue weighted by molar-refractivity contribution is -0.384. The van der Waals surface area contributed by atoms with Crippen molar-refractivity contribution in [3.05, 3.63) is 39.4 Å². The van der Waals surface area contributed by atoms with E-state index in [1.807, 2.05) is 11.8 Å². The van der Waals surface area contributed by atoms with Gasteiger partial charge in [0.25, 0.3) is 11.6 Å². The molecule has 1 aromatic carbocycles. The van der Waals surface area contributed by atoms with E-state index in [1.165, 1.54) is 12.1 Å². The van der Waals surface area contributed by atoms with E-state index in [4.69, 9.17) is 0 Å². The van der Waals surface area contributed by atoms with Crippen molar-refractivity contribution in [1.82, 2.24) is 10.2 Å². The van der Waals surface area contributed by atoms with E-state index in [-0.39, 0.29) is 17.6 Å². The molecule has 1 N–H and O–H groups in total. The first-order valence-corrected chi connectivity index (χ1v) is 7.30. The number of nitrogens with zero attached hydrogens (tertiary/aromatic N) is 2. The molecule has 114 valence electrons. The fraction of sp³-hybridized carbons (Fsp3) is 0.533. The van der Waals surface area contributed by atoms with Crippen LogP contribution >= 0.6 is 0 Å². The fourth-order valence-corrected chi connectivity index (χ4v) is 2.75. The predicted molar refractivity (Wildman–Crippen MR) is 80.4 cm³/mol. The van der Waals surface area contributed by atoms with Crippen molar-refractivity contribution in [3.8, 4) is 0 Å². The maximum Gasteiger partial charge on any atom is 0.270 e. The lowest BCUT2D eigenvalue weighted by atomic mass is 10.1. The maximum atomic E-state index is 12.7. The van der Waals surface area contributed by atoms with Gasteiger partial charge in [-0.2, -0.15) is 0 Å². The first-order chi connectivity index (χ1) is 10.0. The normalized spacial score (nSPS) is 17.7. The number of benzene rings is 1. The van der Waals surface area contributed by atoms with Gasteiger partial charge in [0.15, 0.2) is 0 Å². The van der Waals surface area contributed by atoms with Crippen LogP contribution in [0.4, 0.5) is 5.69 Å². The third-order valence-electron chi connectivity index (χ3n) is 3.72. The number of hydrogen-bond donors (Lipinski definition) is 1. The second kappa shape index (κ2) is 6.67. The standard InChI is InChI=1S/C15H21N3O3/c1-3-6-17(13-4-5-16-10-13)15(19)12-7-11(2)8-14(9-12)18(20)21/h7-9,13,16H,3-6,10H2,1-2H3. The number of aryl methyl sites for hydroxylation is 1. The Morgan fingerprint density at radius 1 is 1.48 bits per heavy atom. The van der Waals surface area contributed by atoms with Gasteiger partial charge in [-0.05, 0) is 37.9 Å². The van der Waals surface area contributed by atoms with Crippen LogP contribution < -0.4 is 5.32 Å². The quantitative estimate of drug-likeness (QED) is 0.666. The Bertz CT molecular complexity index is 539. The van der Waals surface area contributed by atoms with E-state index in [9.17, 15) is 14.9 Å². The summed E-state index contributed by atoms with van der Waals surface area (Å²) in [5, 5.41) is 14.2. The van der Waals surface area contributed by atoms with Crippen LogP contribution in [0.25, 0.3) is 0 Å². The summed E-state index contributed by atoms with van der Waals surface area (Å²) in [5.41, 5.74) is 1.11. The van der Waals surface area contributed by atoms with E-state index in [1.54, 1.807) is 13.0 Å². The second-order valence-electron chi connectivity index (χ2n) is 5.46. The number of nitrogens with one attached hydrogen (secondary N) is 1. The van der Waals surface area contributed by atoms with E-state index in [0.717, 1.165) is 31.5 Å². The summed E-state index contributed by atoms with van der Waals surface area (Å²) in [6.07, 6.45) is 1.80. The monoisotopic (exact) mass is 291 g/mol. The number of carbonyl (C=O) groups excluding carboxylic acids is 1. The van der Waals surface area contributed by atoms with Crippen LogP contribution in [0.3, 0.4) is 0 Å². The van der Waals surface area contributed by atoms with Crippen LogP contribution in [-0.2, 0) is 0 Å². The summed E-state index contributed by atoms with van der Waals surface area (Å²) in [5.74, 6) is -0.114. The molecule has 1 fully saturated rings. The number of hydrogen-bond acceptors (Lipinski definition) is 4. The molecule has 1 atom stereocenters. The minimum absolute atomic E-state index is 0.0284. The number of rotatable bonds is 5. The summed E-state index contributed by atoms with van der Waals surface area (Å²) in [6.45, 7) is 6.17. The third-order valence-corrected chi connectivity index (χ3v) is 3.72. The average molecular weight is 291 g/mol. The van der Waals surface area contributed by atoms with Crippen LogP contribution in [0.1, 0.15) is 35.7 Å². The molecule has 6 nitrogen and oxygen atoms in total. The average Bonchev–Trinajstić information content (AvgIpc) is 2.97. The molecule has 0 aromatic heterocycles. The van der Waals surface area contributed by atoms with Crippen LogP contribution in [0.5, 0.6) is 0 Å². The topological polar surface area (TPSA) is 75.5 Å². The Morgan fingerprint density at radius 2 is 2.24 bits per heavy atom. The van der Waals surface area contributed by atoms with Gasteiger partial charge in [-0.1, -0.05) is 6.92 Å². The Kier molecular flexibility index (Phi) is 4.90. The van der Waals surface area contributed by atoms with Crippen molar-refractivity contribution in [2.45, 2.75) is 32.7 Å². The summed E-state index contributed by atoms with van der Waals surface area (Å²) < 4.78 is 0. The molecular weight excluding hydrogens is 270 g/mol. The van der Waals surface area contributed by atoms with Crippen LogP contribution in [0.2, 0.25) is 0 Å². The Labute approximate surface area is 124 Å². The molecule has 0 saturated carbocycles. The van der Waals surface area contributed by atoms with E-state index in [2.05, 4.69) is 5.32 Å². The van der Waals surface area contributed by atoms with Gasteiger partial charge in [-0.25, -0.2) is 0 Å². The zero-order valence-electron chi connectivity index (χ0n) is 12.5. The zero-order valence-corrected chi connectivity index (χ0v) is 12.5. The number of non-ortho nitro benzene ring substituents is 1. The predicted octanol–water partition coefficient (Wildman–Crippen LogP) is 2.12. The highest BCUT2D eigenvalue weighted by atomic mass is 16.6. The molecule has 21 heavy (non-hydrogen) atoms. The molecule has 1 aliphatic rings. The molecule has 6 heteroatoms. The summed E-state index contributed by atoms with van der Waals surface area (Å²) in [6, 6.07) is 4.76. The number of nitro groups is 1. The number of amides is 1. The molecule has 1 aliphatic heterocycles. The highest BCUT2D eigenvalue weighted by Gasteiger charge is 2.27. The van der Waals surface area contributed by atoms with Gasteiger partial charge in [0.1, 0.15) is 0 Å². The smallest absolute Gasteiger partial charge is 0.270 e. The molecule has 0 radical (unpaired) electrons. The Balaban J connectivity index is 2.29. The molecular formula is C15H21N3O3. The lowest BCUT2D eigenvalue weighted by Crippen LogP contribution is -2.42. The van der Waals surface area contributed by atoms with E-state index < -0.39 is 4.92 Å². The largest absolute Gasteiger partial charge is 0.334 e. The van der Waals surface area contributed by atoms with Crippen molar-refractivity contribution in [1.29, 1.82) is 0 Å². The minimum Gasteiger partial charge on any atom is -0.334 e. The van der Waals surface area contributed by atoms with Gasteiger partial charge < -0.3 is 10.2 Å². The van der Waals surface area contributed by atoms with Crippen molar-refractivity contribution in [2.75, 3.05) is 19.6 Å². The SMILES string of the molecule is CCCN(C(=O)c1cc(C)cc([N+](=O)[O-])c1)C1CCNC1. The summed E-state index contributed by atoms with van der Waals surface area (Å²) in [7, 11) is 0. The van der Waals surface area contributed by atoms with Gasteiger partial charge in [-0.15, -0.1) is 0 Å². The highest BCUT2D eigenvalue weighted by molar-refractivity contribution is 5.95. The minimum atomic E-state index is -0.453. The fourth-order valence-electron chi connectivity index (χ4n) is 2.75. The first kappa shape index (κ1) is 15.4. The Hall–Kier alpha value is -1.95. The first-order valence-electron chi connectivity index (χ1n) is 7.30. The maximum absolute atomic E-state index is 12.7. The molecule has 0 spiro atoms. The number of nitro benzene ring substituents is 1. The van der Waals surface area contributed by atoms with Gasteiger partial charge in [0, 0.05) is 36.8 Å². The van der Waals surface area contributed by atoms with Crippen molar-refractivity contribution in [2.24, 2.45) is 0 Å². The second-order valence-corrected chi connectivity index (χ2v) is 5.46. The van der Waals surface area contributed by atoms with E-state index >= 15 is 0 Å². The van der Waals surface area contributed by atoms with Crippen molar-refractivity contribution in [3.63, 3.8) is 0 Å². The molecule has 2 rings (SSSR count). The van der Waals surface area contributed by atoms with Gasteiger partial charge in [-0.3, -0.25) is 14.9 Å². The molecule has 0 bridgehead atoms. The van der Waals surface area contributed by atoms with Crippen molar-refractivity contribution < 1.29 is 9.72 Å². The molecule has 1 unspecified atom stereocenters. The third kappa shape index (κ3) is 3.58. The lowest BCUT2D eigenvalue weighted by Gasteiger charge is -2.28. The van der Waals surface area contributed by atoms with Crippen LogP contribution in [0, 0.1) is 17.0 Å². The van der Waals surface area contributed by atoms with E-state index in [0.29, 0.717) is 12.1 Å². The van der Waals surface area contributed by atoms with Crippen LogP contribution in [0.15, 0.2) is 18.2 Å². The van der Waals surface area contributed by atoms with Crippen LogP contribution in [-0.4, -0.2) is 41.4 Å². The summed E-state index contributed by atoms with van der Waals surface area (Å²) >= 11 is 0. The highest BCUT2D eigenvalue weighted by Crippen LogP contribution is 2.20. The molecule has 1 heterocycles. The molecule has 0 aliphatic carbocycles. The molecule has 1 aromatic rings. The Morgan fingerprint density at radius 3 is 2.81 bits per heavy atom. The van der Waals surface area contributed by atoms with Gasteiger partial charge >= 0.3 is 0 Å².